The van der Waals surface area contributed by atoms with Crippen molar-refractivity contribution in [3.8, 4) is 5.88 Å². The molecule has 5 heteroatoms. The zero-order valence-electron chi connectivity index (χ0n) is 10.5. The van der Waals surface area contributed by atoms with Crippen LogP contribution in [0.5, 0.6) is 5.88 Å². The van der Waals surface area contributed by atoms with Gasteiger partial charge in [-0.1, -0.05) is 13.8 Å². The van der Waals surface area contributed by atoms with Gasteiger partial charge in [0.05, 0.1) is 19.0 Å². The van der Waals surface area contributed by atoms with Crippen LogP contribution in [0.3, 0.4) is 0 Å². The van der Waals surface area contributed by atoms with Crippen molar-refractivity contribution in [3.63, 3.8) is 0 Å². The number of methoxy groups -OCH3 is 1. The van der Waals surface area contributed by atoms with Crippen molar-refractivity contribution in [1.29, 1.82) is 0 Å². The van der Waals surface area contributed by atoms with E-state index in [-0.39, 0.29) is 0 Å². The van der Waals surface area contributed by atoms with Crippen LogP contribution >= 0.6 is 12.2 Å². The fourth-order valence-electron chi connectivity index (χ4n) is 1.22. The van der Waals surface area contributed by atoms with Crippen LogP contribution in [0.2, 0.25) is 0 Å². The Morgan fingerprint density at radius 2 is 2.24 bits per heavy atom. The number of nitrogens with one attached hydrogen (secondary N) is 2. The lowest BCUT2D eigenvalue weighted by molar-refractivity contribution is 0.398. The van der Waals surface area contributed by atoms with Gasteiger partial charge in [-0.15, -0.1) is 0 Å². The van der Waals surface area contributed by atoms with E-state index in [1.54, 1.807) is 19.4 Å². The highest BCUT2D eigenvalue weighted by Gasteiger charge is 1.99. The van der Waals surface area contributed by atoms with Crippen molar-refractivity contribution in [1.82, 2.24) is 10.3 Å². The van der Waals surface area contributed by atoms with Crippen LogP contribution < -0.4 is 15.4 Å². The van der Waals surface area contributed by atoms with Crippen LogP contribution in [0.4, 0.5) is 5.69 Å². The molecule has 1 aromatic rings. The summed E-state index contributed by atoms with van der Waals surface area (Å²) in [6, 6.07) is 3.67. The molecule has 0 saturated heterocycles. The minimum Gasteiger partial charge on any atom is -0.481 e. The Balaban J connectivity index is 2.34. The van der Waals surface area contributed by atoms with Gasteiger partial charge in [-0.3, -0.25) is 0 Å². The van der Waals surface area contributed by atoms with E-state index in [9.17, 15) is 0 Å². The van der Waals surface area contributed by atoms with Gasteiger partial charge in [-0.25, -0.2) is 4.98 Å². The topological polar surface area (TPSA) is 46.2 Å². The van der Waals surface area contributed by atoms with Crippen molar-refractivity contribution < 1.29 is 4.74 Å². The number of ether oxygens (including phenoxy) is 1. The summed E-state index contributed by atoms with van der Waals surface area (Å²) in [7, 11) is 1.59. The normalized spacial score (nSPS) is 10.1. The SMILES string of the molecule is COc1ccc(NC(=S)NCCC(C)C)cn1. The standard InChI is InChI=1S/C12H19N3OS/c1-9(2)6-7-13-12(17)15-10-4-5-11(16-3)14-8-10/h4-5,8-9H,6-7H2,1-3H3,(H2,13,15,17). The molecule has 4 nitrogen and oxygen atoms in total. The molecule has 0 aliphatic rings. The first-order valence-electron chi connectivity index (χ1n) is 5.66. The molecule has 0 unspecified atom stereocenters. The second-order valence-corrected chi connectivity index (χ2v) is 4.56. The molecule has 1 aromatic heterocycles. The summed E-state index contributed by atoms with van der Waals surface area (Å²) >= 11 is 5.17. The highest BCUT2D eigenvalue weighted by Crippen LogP contribution is 2.10. The molecule has 0 radical (unpaired) electrons. The van der Waals surface area contributed by atoms with Gasteiger partial charge in [-0.2, -0.15) is 0 Å². The maximum atomic E-state index is 5.17. The van der Waals surface area contributed by atoms with E-state index in [4.69, 9.17) is 17.0 Å². The fraction of sp³-hybridized carbons (Fsp3) is 0.500. The molecule has 0 fully saturated rings. The quantitative estimate of drug-likeness (QED) is 0.789. The Morgan fingerprint density at radius 3 is 2.76 bits per heavy atom. The van der Waals surface area contributed by atoms with Gasteiger partial charge in [0.15, 0.2) is 5.11 Å². The average Bonchev–Trinajstić information content (AvgIpc) is 2.29. The number of anilines is 1. The number of pyridine rings is 1. The van der Waals surface area contributed by atoms with Crippen molar-refractivity contribution >= 4 is 23.0 Å². The lowest BCUT2D eigenvalue weighted by atomic mass is 10.1. The molecule has 17 heavy (non-hydrogen) atoms. The molecule has 2 N–H and O–H groups in total. The maximum Gasteiger partial charge on any atom is 0.213 e. The summed E-state index contributed by atoms with van der Waals surface area (Å²) in [5, 5.41) is 6.84. The van der Waals surface area contributed by atoms with Gasteiger partial charge in [-0.05, 0) is 30.6 Å². The fourth-order valence-corrected chi connectivity index (χ4v) is 1.44. The van der Waals surface area contributed by atoms with E-state index in [0.29, 0.717) is 16.9 Å². The van der Waals surface area contributed by atoms with E-state index in [1.165, 1.54) is 0 Å². The Hall–Kier alpha value is -1.36. The molecule has 94 valence electrons. The van der Waals surface area contributed by atoms with Gasteiger partial charge in [0, 0.05) is 12.6 Å². The smallest absolute Gasteiger partial charge is 0.213 e. The summed E-state index contributed by atoms with van der Waals surface area (Å²) in [5.74, 6) is 1.27. The van der Waals surface area contributed by atoms with Gasteiger partial charge in [0.1, 0.15) is 0 Å². The van der Waals surface area contributed by atoms with Crippen molar-refractivity contribution in [3.05, 3.63) is 18.3 Å². The van der Waals surface area contributed by atoms with E-state index in [2.05, 4.69) is 29.5 Å². The molecular formula is C12H19N3OS. The Labute approximate surface area is 108 Å². The van der Waals surface area contributed by atoms with Crippen LogP contribution in [0.25, 0.3) is 0 Å². The molecule has 1 heterocycles. The summed E-state index contributed by atoms with van der Waals surface area (Å²) in [6.07, 6.45) is 2.79. The number of thiocarbonyl (C=S) groups is 1. The molecule has 1 rings (SSSR count). The van der Waals surface area contributed by atoms with E-state index < -0.39 is 0 Å². The number of hydrogen-bond acceptors (Lipinski definition) is 3. The van der Waals surface area contributed by atoms with E-state index >= 15 is 0 Å². The van der Waals surface area contributed by atoms with Gasteiger partial charge in [0.2, 0.25) is 5.88 Å². The van der Waals surface area contributed by atoms with Crippen LogP contribution in [0.15, 0.2) is 18.3 Å². The van der Waals surface area contributed by atoms with Gasteiger partial charge < -0.3 is 15.4 Å². The first-order chi connectivity index (χ1) is 8.11. The minimum atomic E-state index is 0.592. The average molecular weight is 253 g/mol. The number of nitrogens with zero attached hydrogens (tertiary/aromatic N) is 1. The Kier molecular flexibility index (Phi) is 5.69. The van der Waals surface area contributed by atoms with Crippen molar-refractivity contribution in [2.24, 2.45) is 5.92 Å². The third-order valence-electron chi connectivity index (χ3n) is 2.21. The lowest BCUT2D eigenvalue weighted by Gasteiger charge is -2.11. The summed E-state index contributed by atoms with van der Waals surface area (Å²) < 4.78 is 4.98. The second kappa shape index (κ2) is 7.06. The predicted molar refractivity (Wildman–Crippen MR) is 74.5 cm³/mol. The predicted octanol–water partition coefficient (Wildman–Crippen LogP) is 2.42. The molecular weight excluding hydrogens is 234 g/mol. The summed E-state index contributed by atoms with van der Waals surface area (Å²) in [6.45, 7) is 5.25. The van der Waals surface area contributed by atoms with Crippen molar-refractivity contribution in [2.45, 2.75) is 20.3 Å². The third-order valence-corrected chi connectivity index (χ3v) is 2.46. The monoisotopic (exact) mass is 253 g/mol. The summed E-state index contributed by atoms with van der Waals surface area (Å²) in [4.78, 5) is 4.09. The molecule has 0 spiro atoms. The van der Waals surface area contributed by atoms with Gasteiger partial charge in [0.25, 0.3) is 0 Å². The molecule has 0 bridgehead atoms. The largest absolute Gasteiger partial charge is 0.481 e. The lowest BCUT2D eigenvalue weighted by Crippen LogP contribution is -2.29. The molecule has 0 aliphatic heterocycles. The number of rotatable bonds is 5. The van der Waals surface area contributed by atoms with Crippen LogP contribution in [-0.4, -0.2) is 23.8 Å². The van der Waals surface area contributed by atoms with E-state index in [1.807, 2.05) is 6.07 Å². The van der Waals surface area contributed by atoms with Crippen LogP contribution in [-0.2, 0) is 0 Å². The minimum absolute atomic E-state index is 0.592. The van der Waals surface area contributed by atoms with Crippen LogP contribution in [0.1, 0.15) is 20.3 Å². The molecule has 0 saturated carbocycles. The highest BCUT2D eigenvalue weighted by atomic mass is 32.1. The second-order valence-electron chi connectivity index (χ2n) is 4.15. The molecule has 0 aromatic carbocycles. The van der Waals surface area contributed by atoms with Gasteiger partial charge >= 0.3 is 0 Å². The van der Waals surface area contributed by atoms with E-state index in [0.717, 1.165) is 18.7 Å². The third kappa shape index (κ3) is 5.49. The summed E-state index contributed by atoms with van der Waals surface area (Å²) in [5.41, 5.74) is 0.854. The number of hydrogen-bond donors (Lipinski definition) is 2. The molecule has 0 amide bonds. The molecule has 0 atom stereocenters. The first-order valence-corrected chi connectivity index (χ1v) is 6.07. The first kappa shape index (κ1) is 13.7. The maximum absolute atomic E-state index is 5.17. The number of aromatic nitrogens is 1. The highest BCUT2D eigenvalue weighted by molar-refractivity contribution is 7.80. The zero-order chi connectivity index (χ0) is 12.7. The zero-order valence-corrected chi connectivity index (χ0v) is 11.3. The van der Waals surface area contributed by atoms with Crippen LogP contribution in [0, 0.1) is 5.92 Å². The Bertz CT molecular complexity index is 351. The molecule has 0 aliphatic carbocycles. The van der Waals surface area contributed by atoms with Crippen molar-refractivity contribution in [2.75, 3.05) is 19.0 Å². The Morgan fingerprint density at radius 1 is 1.47 bits per heavy atom.